The number of benzene rings is 2. The standard InChI is InChI=1S/C24H24INO6S/c1-3-31-19-13-17(12-18(25)22(19)32-15-21(27)30-2)14-20-23(28)26(24(29)33-20)11-7-10-16-8-5-4-6-9-16/h4-6,8-9,12-14H,3,7,10-11,15H2,1-2H3/b20-14+. The van der Waals surface area contributed by atoms with Crippen LogP contribution in [-0.4, -0.2) is 48.9 Å². The molecule has 3 rings (SSSR count). The molecule has 174 valence electrons. The Morgan fingerprint density at radius 3 is 2.61 bits per heavy atom. The predicted octanol–water partition coefficient (Wildman–Crippen LogP) is 4.91. The number of imide groups is 1. The van der Waals surface area contributed by atoms with Gasteiger partial charge < -0.3 is 14.2 Å². The van der Waals surface area contributed by atoms with Gasteiger partial charge in [-0.05, 0) is 83.5 Å². The van der Waals surface area contributed by atoms with E-state index in [2.05, 4.69) is 27.3 Å². The first kappa shape index (κ1) is 25.1. The molecule has 0 N–H and O–H groups in total. The van der Waals surface area contributed by atoms with E-state index in [9.17, 15) is 14.4 Å². The number of aryl methyl sites for hydroxylation is 1. The average Bonchev–Trinajstić information content (AvgIpc) is 3.06. The molecule has 0 spiro atoms. The van der Waals surface area contributed by atoms with Crippen molar-refractivity contribution in [2.24, 2.45) is 0 Å². The molecule has 0 radical (unpaired) electrons. The van der Waals surface area contributed by atoms with Crippen LogP contribution < -0.4 is 9.47 Å². The van der Waals surface area contributed by atoms with Gasteiger partial charge in [-0.1, -0.05) is 30.3 Å². The van der Waals surface area contributed by atoms with E-state index in [0.29, 0.717) is 45.1 Å². The second-order valence-corrected chi connectivity index (χ2v) is 9.21. The number of esters is 1. The lowest BCUT2D eigenvalue weighted by atomic mass is 10.1. The molecule has 1 saturated heterocycles. The normalized spacial score (nSPS) is 14.6. The largest absolute Gasteiger partial charge is 0.490 e. The number of ether oxygens (including phenoxy) is 3. The minimum absolute atomic E-state index is 0.242. The van der Waals surface area contributed by atoms with Crippen LogP contribution in [0.15, 0.2) is 47.4 Å². The van der Waals surface area contributed by atoms with Gasteiger partial charge in [-0.15, -0.1) is 0 Å². The van der Waals surface area contributed by atoms with Gasteiger partial charge in [0, 0.05) is 6.54 Å². The van der Waals surface area contributed by atoms with Crippen molar-refractivity contribution in [1.29, 1.82) is 0 Å². The topological polar surface area (TPSA) is 82.1 Å². The van der Waals surface area contributed by atoms with Crippen LogP contribution in [-0.2, 0) is 20.7 Å². The number of nitrogens with zero attached hydrogens (tertiary/aromatic N) is 1. The SMILES string of the molecule is CCOc1cc(/C=C2/SC(=O)N(CCCc3ccccc3)C2=O)cc(I)c1OCC(=O)OC. The Balaban J connectivity index is 1.73. The van der Waals surface area contributed by atoms with E-state index in [1.54, 1.807) is 18.2 Å². The fraction of sp³-hybridized carbons (Fsp3) is 0.292. The van der Waals surface area contributed by atoms with E-state index < -0.39 is 5.97 Å². The molecule has 0 saturated carbocycles. The monoisotopic (exact) mass is 581 g/mol. The summed E-state index contributed by atoms with van der Waals surface area (Å²) >= 11 is 3.01. The Bertz CT molecular complexity index is 1060. The van der Waals surface area contributed by atoms with E-state index in [0.717, 1.165) is 18.2 Å². The molecule has 0 unspecified atom stereocenters. The van der Waals surface area contributed by atoms with Crippen LogP contribution in [0, 0.1) is 3.57 Å². The van der Waals surface area contributed by atoms with Crippen LogP contribution in [0.2, 0.25) is 0 Å². The minimum Gasteiger partial charge on any atom is -0.490 e. The first-order valence-electron chi connectivity index (χ1n) is 10.4. The van der Waals surface area contributed by atoms with Gasteiger partial charge in [-0.3, -0.25) is 14.5 Å². The quantitative estimate of drug-likeness (QED) is 0.224. The molecule has 2 aromatic carbocycles. The fourth-order valence-electron chi connectivity index (χ4n) is 3.19. The molecule has 1 aliphatic rings. The van der Waals surface area contributed by atoms with Crippen molar-refractivity contribution in [3.63, 3.8) is 0 Å². The van der Waals surface area contributed by atoms with Crippen LogP contribution in [0.3, 0.4) is 0 Å². The van der Waals surface area contributed by atoms with E-state index in [1.165, 1.54) is 17.6 Å². The predicted molar refractivity (Wildman–Crippen MR) is 135 cm³/mol. The smallest absolute Gasteiger partial charge is 0.343 e. The maximum absolute atomic E-state index is 12.8. The zero-order chi connectivity index (χ0) is 23.8. The van der Waals surface area contributed by atoms with Gasteiger partial charge in [0.25, 0.3) is 11.1 Å². The zero-order valence-corrected chi connectivity index (χ0v) is 21.3. The fourth-order valence-corrected chi connectivity index (χ4v) is 4.84. The molecule has 9 heteroatoms. The molecule has 1 aliphatic heterocycles. The Morgan fingerprint density at radius 2 is 1.91 bits per heavy atom. The molecule has 0 atom stereocenters. The van der Waals surface area contributed by atoms with Crippen LogP contribution in [0.25, 0.3) is 6.08 Å². The summed E-state index contributed by atoms with van der Waals surface area (Å²) in [6, 6.07) is 13.5. The number of rotatable bonds is 10. The Morgan fingerprint density at radius 1 is 1.15 bits per heavy atom. The second kappa shape index (κ2) is 12.1. The van der Waals surface area contributed by atoms with Crippen LogP contribution in [0.5, 0.6) is 11.5 Å². The number of hydrogen-bond acceptors (Lipinski definition) is 7. The second-order valence-electron chi connectivity index (χ2n) is 7.05. The molecule has 1 heterocycles. The van der Waals surface area contributed by atoms with Gasteiger partial charge in [-0.2, -0.15) is 0 Å². The highest BCUT2D eigenvalue weighted by Gasteiger charge is 2.34. The third-order valence-electron chi connectivity index (χ3n) is 4.76. The number of carbonyl (C=O) groups is 3. The highest BCUT2D eigenvalue weighted by Crippen LogP contribution is 2.37. The molecule has 7 nitrogen and oxygen atoms in total. The summed E-state index contributed by atoms with van der Waals surface area (Å²) in [4.78, 5) is 38.4. The van der Waals surface area contributed by atoms with Gasteiger partial charge >= 0.3 is 5.97 Å². The third kappa shape index (κ3) is 6.73. The van der Waals surface area contributed by atoms with E-state index in [4.69, 9.17) is 9.47 Å². The zero-order valence-electron chi connectivity index (χ0n) is 18.3. The van der Waals surface area contributed by atoms with Gasteiger partial charge in [-0.25, -0.2) is 4.79 Å². The van der Waals surface area contributed by atoms with Gasteiger partial charge in [0.1, 0.15) is 0 Å². The summed E-state index contributed by atoms with van der Waals surface area (Å²) < 4.78 is 16.6. The first-order valence-corrected chi connectivity index (χ1v) is 12.3. The summed E-state index contributed by atoms with van der Waals surface area (Å²) in [5.41, 5.74) is 1.87. The van der Waals surface area contributed by atoms with Crippen molar-refractivity contribution < 1.29 is 28.6 Å². The van der Waals surface area contributed by atoms with Crippen LogP contribution in [0.1, 0.15) is 24.5 Å². The Kier molecular flexibility index (Phi) is 9.19. The number of halogens is 1. The number of amides is 2. The van der Waals surface area contributed by atoms with Crippen molar-refractivity contribution in [3.8, 4) is 11.5 Å². The molecule has 1 fully saturated rings. The summed E-state index contributed by atoms with van der Waals surface area (Å²) in [5, 5.41) is -0.267. The molecule has 33 heavy (non-hydrogen) atoms. The lowest BCUT2D eigenvalue weighted by Gasteiger charge is -2.14. The van der Waals surface area contributed by atoms with E-state index in [1.807, 2.05) is 37.3 Å². The average molecular weight is 581 g/mol. The van der Waals surface area contributed by atoms with E-state index in [-0.39, 0.29) is 17.8 Å². The molecule has 0 aromatic heterocycles. The molecule has 0 aliphatic carbocycles. The minimum atomic E-state index is -0.502. The Hall–Kier alpha value is -2.53. The maximum Gasteiger partial charge on any atom is 0.343 e. The summed E-state index contributed by atoms with van der Waals surface area (Å²) in [6.45, 7) is 2.36. The van der Waals surface area contributed by atoms with Crippen molar-refractivity contribution in [1.82, 2.24) is 4.90 Å². The molecular formula is C24H24INO6S. The lowest BCUT2D eigenvalue weighted by Crippen LogP contribution is -2.29. The van der Waals surface area contributed by atoms with Gasteiger partial charge in [0.05, 0.1) is 22.2 Å². The van der Waals surface area contributed by atoms with Crippen molar-refractivity contribution >= 4 is 57.5 Å². The number of methoxy groups -OCH3 is 1. The molecule has 2 aromatic rings. The van der Waals surface area contributed by atoms with Crippen LogP contribution in [0.4, 0.5) is 4.79 Å². The van der Waals surface area contributed by atoms with Crippen molar-refractivity contribution in [2.75, 3.05) is 26.9 Å². The third-order valence-corrected chi connectivity index (χ3v) is 6.46. The summed E-state index contributed by atoms with van der Waals surface area (Å²) in [7, 11) is 1.29. The van der Waals surface area contributed by atoms with Crippen molar-refractivity contribution in [2.45, 2.75) is 19.8 Å². The summed E-state index contributed by atoms with van der Waals surface area (Å²) in [6.07, 6.45) is 3.18. The number of hydrogen-bond donors (Lipinski definition) is 0. The molecule has 2 amide bonds. The highest BCUT2D eigenvalue weighted by atomic mass is 127. The van der Waals surface area contributed by atoms with Crippen LogP contribution >= 0.6 is 34.4 Å². The summed E-state index contributed by atoms with van der Waals surface area (Å²) in [5.74, 6) is 0.0750. The number of carbonyl (C=O) groups excluding carboxylic acids is 3. The van der Waals surface area contributed by atoms with Gasteiger partial charge in [0.2, 0.25) is 0 Å². The molecular weight excluding hydrogens is 557 g/mol. The lowest BCUT2D eigenvalue weighted by molar-refractivity contribution is -0.143. The molecule has 0 bridgehead atoms. The van der Waals surface area contributed by atoms with E-state index >= 15 is 0 Å². The first-order chi connectivity index (χ1) is 15.9. The van der Waals surface area contributed by atoms with Crippen molar-refractivity contribution in [3.05, 3.63) is 62.1 Å². The highest BCUT2D eigenvalue weighted by molar-refractivity contribution is 14.1. The Labute approximate surface area is 210 Å². The maximum atomic E-state index is 12.8. The van der Waals surface area contributed by atoms with Gasteiger partial charge in [0.15, 0.2) is 18.1 Å². The number of thioether (sulfide) groups is 1.